The molecule has 3 aromatic rings. The van der Waals surface area contributed by atoms with Crippen LogP contribution in [-0.2, 0) is 20.8 Å². The maximum absolute atomic E-state index is 13.8. The van der Waals surface area contributed by atoms with Crippen LogP contribution in [0.25, 0.3) is 10.9 Å². The Morgan fingerprint density at radius 1 is 1.19 bits per heavy atom. The number of amides is 4. The molecule has 0 bridgehead atoms. The fraction of sp³-hybridized carbons (Fsp3) is 0.333. The number of carbonyl (C=O) groups is 4. The number of methoxy groups -OCH3 is 1. The maximum Gasteiger partial charge on any atom is 0.271 e. The van der Waals surface area contributed by atoms with E-state index < -0.39 is 29.8 Å². The summed E-state index contributed by atoms with van der Waals surface area (Å²) in [6, 6.07) is 12.7. The lowest BCUT2D eigenvalue weighted by atomic mass is 9.91. The molecule has 2 aromatic carbocycles. The van der Waals surface area contributed by atoms with E-state index in [-0.39, 0.29) is 18.2 Å². The van der Waals surface area contributed by atoms with Gasteiger partial charge in [0.05, 0.1) is 7.11 Å². The topological polar surface area (TPSA) is 147 Å². The van der Waals surface area contributed by atoms with Crippen molar-refractivity contribution in [1.29, 1.82) is 0 Å². The first-order valence-corrected chi connectivity index (χ1v) is 12.3. The van der Waals surface area contributed by atoms with Crippen molar-refractivity contribution in [3.05, 3.63) is 65.4 Å². The Morgan fingerprint density at radius 2 is 2.00 bits per heavy atom. The van der Waals surface area contributed by atoms with Crippen molar-refractivity contribution in [1.82, 2.24) is 20.5 Å². The van der Waals surface area contributed by atoms with Gasteiger partial charge in [-0.3, -0.25) is 19.2 Å². The Labute approximate surface area is 213 Å². The van der Waals surface area contributed by atoms with Gasteiger partial charge in [-0.2, -0.15) is 0 Å². The number of nitrogens with zero attached hydrogens (tertiary/aromatic N) is 1. The van der Waals surface area contributed by atoms with E-state index in [1.807, 2.05) is 42.5 Å². The molecule has 3 atom stereocenters. The molecule has 10 nitrogen and oxygen atoms in total. The average molecular weight is 504 g/mol. The first kappa shape index (κ1) is 24.4. The molecule has 5 rings (SSSR count). The summed E-state index contributed by atoms with van der Waals surface area (Å²) in [5, 5.41) is 6.23. The molecular weight excluding hydrogens is 474 g/mol. The Kier molecular flexibility index (Phi) is 6.56. The highest BCUT2D eigenvalue weighted by Gasteiger charge is 2.39. The molecule has 0 unspecified atom stereocenters. The van der Waals surface area contributed by atoms with E-state index >= 15 is 0 Å². The average Bonchev–Trinajstić information content (AvgIpc) is 3.52. The summed E-state index contributed by atoms with van der Waals surface area (Å²) in [5.74, 6) is -1.52. The molecule has 1 saturated heterocycles. The molecule has 4 amide bonds. The van der Waals surface area contributed by atoms with E-state index in [1.54, 1.807) is 13.2 Å². The summed E-state index contributed by atoms with van der Waals surface area (Å²) in [5.41, 5.74) is 8.32. The number of H-pyrrole nitrogens is 1. The minimum Gasteiger partial charge on any atom is -0.496 e. The lowest BCUT2D eigenvalue weighted by Crippen LogP contribution is -2.52. The van der Waals surface area contributed by atoms with Crippen molar-refractivity contribution < 1.29 is 23.9 Å². The van der Waals surface area contributed by atoms with Gasteiger partial charge in [0.15, 0.2) is 0 Å². The van der Waals surface area contributed by atoms with Gasteiger partial charge in [-0.25, -0.2) is 0 Å². The van der Waals surface area contributed by atoms with Crippen LogP contribution in [0.5, 0.6) is 5.75 Å². The summed E-state index contributed by atoms with van der Waals surface area (Å²) in [7, 11) is 1.57. The molecule has 3 heterocycles. The van der Waals surface area contributed by atoms with Crippen molar-refractivity contribution in [2.45, 2.75) is 31.3 Å². The van der Waals surface area contributed by atoms with Crippen LogP contribution < -0.4 is 21.1 Å². The lowest BCUT2D eigenvalue weighted by Gasteiger charge is -2.36. The van der Waals surface area contributed by atoms with Gasteiger partial charge in [0.2, 0.25) is 17.7 Å². The number of ether oxygens (including phenoxy) is 1. The van der Waals surface area contributed by atoms with E-state index in [1.165, 1.54) is 4.90 Å². The Bertz CT molecular complexity index is 1380. The molecule has 192 valence electrons. The van der Waals surface area contributed by atoms with Gasteiger partial charge in [0, 0.05) is 29.9 Å². The molecule has 0 saturated carbocycles. The standard InChI is InChI=1S/C27H29N5O5/c1-37-22-8-4-7-19-18(22)14-21(30-19)27(36)32-12-10-15-5-2-3-6-17(15)23(32)26(35)31-20(24(28)33)13-16-9-11-29-25(16)34/h2-8,14,16,20,23,30H,9-13H2,1H3,(H2,28,33)(H,29,34)(H,31,35)/t16-,20-,23-/m0/s1. The second-order valence-corrected chi connectivity index (χ2v) is 9.43. The zero-order valence-corrected chi connectivity index (χ0v) is 20.5. The second-order valence-electron chi connectivity index (χ2n) is 9.43. The van der Waals surface area contributed by atoms with Gasteiger partial charge in [-0.05, 0) is 48.6 Å². The number of hydrogen-bond acceptors (Lipinski definition) is 5. The largest absolute Gasteiger partial charge is 0.496 e. The van der Waals surface area contributed by atoms with E-state index in [0.29, 0.717) is 42.9 Å². The molecule has 37 heavy (non-hydrogen) atoms. The van der Waals surface area contributed by atoms with Crippen LogP contribution in [0.15, 0.2) is 48.5 Å². The lowest BCUT2D eigenvalue weighted by molar-refractivity contribution is -0.132. The smallest absolute Gasteiger partial charge is 0.271 e. The quantitative estimate of drug-likeness (QED) is 0.385. The molecule has 0 aliphatic carbocycles. The van der Waals surface area contributed by atoms with Gasteiger partial charge in [-0.1, -0.05) is 30.3 Å². The van der Waals surface area contributed by atoms with E-state index in [0.717, 1.165) is 16.5 Å². The number of aromatic amines is 1. The van der Waals surface area contributed by atoms with E-state index in [9.17, 15) is 19.2 Å². The fourth-order valence-electron chi connectivity index (χ4n) is 5.29. The second kappa shape index (κ2) is 9.96. The van der Waals surface area contributed by atoms with Gasteiger partial charge in [-0.15, -0.1) is 0 Å². The van der Waals surface area contributed by atoms with Crippen molar-refractivity contribution in [3.63, 3.8) is 0 Å². The first-order chi connectivity index (χ1) is 17.9. The molecule has 1 aromatic heterocycles. The predicted molar refractivity (Wildman–Crippen MR) is 136 cm³/mol. The number of carbonyl (C=O) groups excluding carboxylic acids is 4. The highest BCUT2D eigenvalue weighted by atomic mass is 16.5. The number of fused-ring (bicyclic) bond motifs is 2. The van der Waals surface area contributed by atoms with Gasteiger partial charge >= 0.3 is 0 Å². The van der Waals surface area contributed by atoms with Gasteiger partial charge in [0.1, 0.15) is 23.5 Å². The zero-order valence-electron chi connectivity index (χ0n) is 20.5. The van der Waals surface area contributed by atoms with E-state index in [2.05, 4.69) is 15.6 Å². The summed E-state index contributed by atoms with van der Waals surface area (Å²) in [6.07, 6.45) is 1.26. The third-order valence-electron chi connectivity index (χ3n) is 7.21. The van der Waals surface area contributed by atoms with Crippen LogP contribution in [0.2, 0.25) is 0 Å². The summed E-state index contributed by atoms with van der Waals surface area (Å²) >= 11 is 0. The van der Waals surface area contributed by atoms with Gasteiger partial charge in [0.25, 0.3) is 5.91 Å². The van der Waals surface area contributed by atoms with E-state index in [4.69, 9.17) is 10.5 Å². The number of benzene rings is 2. The summed E-state index contributed by atoms with van der Waals surface area (Å²) in [6.45, 7) is 0.837. The number of hydrogen-bond donors (Lipinski definition) is 4. The van der Waals surface area contributed by atoms with Crippen molar-refractivity contribution in [3.8, 4) is 5.75 Å². The molecular formula is C27H29N5O5. The number of rotatable bonds is 7. The monoisotopic (exact) mass is 503 g/mol. The molecule has 5 N–H and O–H groups in total. The van der Waals surface area contributed by atoms with Crippen molar-refractivity contribution in [2.75, 3.05) is 20.2 Å². The maximum atomic E-state index is 13.8. The third-order valence-corrected chi connectivity index (χ3v) is 7.21. The van der Waals surface area contributed by atoms with Crippen LogP contribution in [0, 0.1) is 5.92 Å². The number of nitrogens with two attached hydrogens (primary N) is 1. The Morgan fingerprint density at radius 3 is 2.73 bits per heavy atom. The fourth-order valence-corrected chi connectivity index (χ4v) is 5.29. The van der Waals surface area contributed by atoms with Crippen LogP contribution in [0.3, 0.4) is 0 Å². The summed E-state index contributed by atoms with van der Waals surface area (Å²) < 4.78 is 5.42. The van der Waals surface area contributed by atoms with Gasteiger partial charge < -0.3 is 31.0 Å². The molecule has 2 aliphatic rings. The van der Waals surface area contributed by atoms with Crippen LogP contribution in [0.4, 0.5) is 0 Å². The van der Waals surface area contributed by atoms with Crippen LogP contribution in [-0.4, -0.2) is 59.8 Å². The number of nitrogens with one attached hydrogen (secondary N) is 3. The first-order valence-electron chi connectivity index (χ1n) is 12.3. The van der Waals surface area contributed by atoms with Crippen molar-refractivity contribution >= 4 is 34.5 Å². The van der Waals surface area contributed by atoms with Crippen LogP contribution >= 0.6 is 0 Å². The minimum atomic E-state index is -1.04. The highest BCUT2D eigenvalue weighted by molar-refractivity contribution is 6.02. The molecule has 2 aliphatic heterocycles. The number of primary amides is 1. The molecule has 10 heteroatoms. The van der Waals surface area contributed by atoms with Crippen molar-refractivity contribution in [2.24, 2.45) is 11.7 Å². The minimum absolute atomic E-state index is 0.108. The molecule has 0 spiro atoms. The molecule has 1 fully saturated rings. The Balaban J connectivity index is 1.46. The SMILES string of the molecule is COc1cccc2[nH]c(C(=O)N3CCc4ccccc4[C@H]3C(=O)N[C@@H](C[C@@H]3CCNC3=O)C(N)=O)cc12. The normalized spacial score (nSPS) is 19.7. The molecule has 0 radical (unpaired) electrons. The Hall–Kier alpha value is -4.34. The predicted octanol–water partition coefficient (Wildman–Crippen LogP) is 1.41. The number of aromatic nitrogens is 1. The third kappa shape index (κ3) is 4.62. The van der Waals surface area contributed by atoms with Crippen LogP contribution in [0.1, 0.15) is 40.5 Å². The highest BCUT2D eigenvalue weighted by Crippen LogP contribution is 2.33. The zero-order chi connectivity index (χ0) is 26.1. The summed E-state index contributed by atoms with van der Waals surface area (Å²) in [4.78, 5) is 56.4.